The molecule has 0 aliphatic carbocycles. The first kappa shape index (κ1) is 11.3. The lowest BCUT2D eigenvalue weighted by molar-refractivity contribution is 1.49. The highest BCUT2D eigenvalue weighted by Crippen LogP contribution is 2.30. The minimum Gasteiger partial charge on any atom is -0.398 e. The first-order valence-corrected chi connectivity index (χ1v) is 4.93. The van der Waals surface area contributed by atoms with Crippen molar-refractivity contribution in [3.8, 4) is 0 Å². The molecule has 2 aromatic carbocycles. The van der Waals surface area contributed by atoms with Crippen molar-refractivity contribution in [2.45, 2.75) is 6.92 Å². The summed E-state index contributed by atoms with van der Waals surface area (Å²) in [5.41, 5.74) is 7.96. The number of hydrogen-bond donors (Lipinski definition) is 1. The molecule has 0 radical (unpaired) electrons. The topological polar surface area (TPSA) is 26.0 Å². The zero-order valence-electron chi connectivity index (χ0n) is 7.75. The summed E-state index contributed by atoms with van der Waals surface area (Å²) in [6.07, 6.45) is 0. The molecule has 2 rings (SSSR count). The Morgan fingerprint density at radius 1 is 1.14 bits per heavy atom. The summed E-state index contributed by atoms with van der Waals surface area (Å²) in [4.78, 5) is 0. The second-order valence-corrected chi connectivity index (χ2v) is 3.99. The molecule has 0 atom stereocenters. The van der Waals surface area contributed by atoms with Crippen LogP contribution < -0.4 is 5.73 Å². The normalized spacial score (nSPS) is 9.86. The van der Waals surface area contributed by atoms with Crippen LogP contribution in [-0.4, -0.2) is 0 Å². The van der Waals surface area contributed by atoms with E-state index >= 15 is 0 Å². The fraction of sp³-hybridized carbons (Fsp3) is 0.0909. The van der Waals surface area contributed by atoms with E-state index in [1.165, 1.54) is 5.39 Å². The van der Waals surface area contributed by atoms with Crippen molar-refractivity contribution in [1.29, 1.82) is 0 Å². The Labute approximate surface area is 97.8 Å². The SMILES string of the molecule is Cc1cc(Br)c2ccccc2c1N.Cl. The summed E-state index contributed by atoms with van der Waals surface area (Å²) >= 11 is 3.53. The van der Waals surface area contributed by atoms with Gasteiger partial charge in [-0.05, 0) is 23.9 Å². The van der Waals surface area contributed by atoms with Gasteiger partial charge in [0.15, 0.2) is 0 Å². The number of hydrogen-bond acceptors (Lipinski definition) is 1. The molecular formula is C11H11BrClN. The number of fused-ring (bicyclic) bond motifs is 1. The van der Waals surface area contributed by atoms with Crippen LogP contribution in [0.15, 0.2) is 34.8 Å². The molecule has 0 unspecified atom stereocenters. The smallest absolute Gasteiger partial charge is 0.0424 e. The molecule has 0 aliphatic heterocycles. The summed E-state index contributed by atoms with van der Waals surface area (Å²) in [6, 6.07) is 10.2. The molecular weight excluding hydrogens is 261 g/mol. The molecule has 0 spiro atoms. The quantitative estimate of drug-likeness (QED) is 0.723. The van der Waals surface area contributed by atoms with Crippen molar-refractivity contribution in [2.75, 3.05) is 5.73 Å². The van der Waals surface area contributed by atoms with Crippen LogP contribution in [0, 0.1) is 6.92 Å². The largest absolute Gasteiger partial charge is 0.398 e. The highest BCUT2D eigenvalue weighted by atomic mass is 79.9. The highest BCUT2D eigenvalue weighted by molar-refractivity contribution is 9.10. The maximum Gasteiger partial charge on any atom is 0.0424 e. The van der Waals surface area contributed by atoms with Gasteiger partial charge in [0.05, 0.1) is 0 Å². The van der Waals surface area contributed by atoms with Crippen molar-refractivity contribution in [2.24, 2.45) is 0 Å². The van der Waals surface area contributed by atoms with Gasteiger partial charge in [-0.3, -0.25) is 0 Å². The van der Waals surface area contributed by atoms with Crippen LogP contribution in [0.25, 0.3) is 10.8 Å². The van der Waals surface area contributed by atoms with Crippen LogP contribution in [0.1, 0.15) is 5.56 Å². The molecule has 0 saturated heterocycles. The maximum atomic E-state index is 5.97. The number of aryl methyl sites for hydroxylation is 1. The Kier molecular flexibility index (Phi) is 3.40. The van der Waals surface area contributed by atoms with Gasteiger partial charge in [-0.2, -0.15) is 0 Å². The summed E-state index contributed by atoms with van der Waals surface area (Å²) in [5.74, 6) is 0. The van der Waals surface area contributed by atoms with Gasteiger partial charge < -0.3 is 5.73 Å². The Morgan fingerprint density at radius 2 is 1.71 bits per heavy atom. The maximum absolute atomic E-state index is 5.97. The summed E-state index contributed by atoms with van der Waals surface area (Å²) in [5, 5.41) is 2.29. The first-order valence-electron chi connectivity index (χ1n) is 4.13. The Balaban J connectivity index is 0.000000980. The molecule has 3 heteroatoms. The fourth-order valence-corrected chi connectivity index (χ4v) is 2.17. The summed E-state index contributed by atoms with van der Waals surface area (Å²) in [7, 11) is 0. The molecule has 2 aromatic rings. The van der Waals surface area contributed by atoms with Gasteiger partial charge >= 0.3 is 0 Å². The van der Waals surface area contributed by atoms with Crippen LogP contribution in [-0.2, 0) is 0 Å². The van der Waals surface area contributed by atoms with Gasteiger partial charge in [-0.1, -0.05) is 40.2 Å². The Bertz CT molecular complexity index is 468. The second-order valence-electron chi connectivity index (χ2n) is 3.13. The molecule has 0 amide bonds. The molecule has 1 nitrogen and oxygen atoms in total. The number of nitrogens with two attached hydrogens (primary N) is 1. The molecule has 0 fully saturated rings. The number of nitrogen functional groups attached to an aromatic ring is 1. The van der Waals surface area contributed by atoms with Crippen molar-refractivity contribution in [3.05, 3.63) is 40.4 Å². The zero-order valence-corrected chi connectivity index (χ0v) is 10.2. The van der Waals surface area contributed by atoms with Gasteiger partial charge in [0.2, 0.25) is 0 Å². The van der Waals surface area contributed by atoms with Crippen LogP contribution in [0.2, 0.25) is 0 Å². The Hall–Kier alpha value is -0.730. The van der Waals surface area contributed by atoms with Crippen LogP contribution in [0.4, 0.5) is 5.69 Å². The number of halogens is 2. The van der Waals surface area contributed by atoms with E-state index < -0.39 is 0 Å². The van der Waals surface area contributed by atoms with E-state index in [0.717, 1.165) is 21.1 Å². The summed E-state index contributed by atoms with van der Waals surface area (Å²) in [6.45, 7) is 2.02. The lowest BCUT2D eigenvalue weighted by atomic mass is 10.1. The van der Waals surface area contributed by atoms with Crippen molar-refractivity contribution < 1.29 is 0 Å². The van der Waals surface area contributed by atoms with E-state index in [1.807, 2.05) is 25.1 Å². The lowest BCUT2D eigenvalue weighted by Gasteiger charge is -2.07. The van der Waals surface area contributed by atoms with Gasteiger partial charge in [0, 0.05) is 15.5 Å². The second kappa shape index (κ2) is 4.20. The Morgan fingerprint density at radius 3 is 2.36 bits per heavy atom. The van der Waals surface area contributed by atoms with Crippen molar-refractivity contribution in [3.63, 3.8) is 0 Å². The zero-order chi connectivity index (χ0) is 9.42. The van der Waals surface area contributed by atoms with E-state index in [1.54, 1.807) is 0 Å². The van der Waals surface area contributed by atoms with E-state index in [-0.39, 0.29) is 12.4 Å². The molecule has 0 aromatic heterocycles. The molecule has 2 N–H and O–H groups in total. The third-order valence-corrected chi connectivity index (χ3v) is 2.90. The number of benzene rings is 2. The van der Waals surface area contributed by atoms with Crippen LogP contribution in [0.5, 0.6) is 0 Å². The van der Waals surface area contributed by atoms with Crippen LogP contribution in [0.3, 0.4) is 0 Å². The monoisotopic (exact) mass is 271 g/mol. The lowest BCUT2D eigenvalue weighted by Crippen LogP contribution is -1.91. The first-order chi connectivity index (χ1) is 6.20. The van der Waals surface area contributed by atoms with Gasteiger partial charge in [0.1, 0.15) is 0 Å². The number of anilines is 1. The van der Waals surface area contributed by atoms with E-state index in [9.17, 15) is 0 Å². The standard InChI is InChI=1S/C11H10BrN.ClH/c1-7-6-10(12)8-4-2-3-5-9(8)11(7)13;/h2-6H,13H2,1H3;1H. The third kappa shape index (κ3) is 1.72. The average Bonchev–Trinajstić information content (AvgIpc) is 2.15. The predicted octanol–water partition coefficient (Wildman–Crippen LogP) is 3.91. The van der Waals surface area contributed by atoms with E-state index in [2.05, 4.69) is 28.1 Å². The summed E-state index contributed by atoms with van der Waals surface area (Å²) < 4.78 is 1.11. The molecule has 74 valence electrons. The molecule has 0 aliphatic rings. The average molecular weight is 273 g/mol. The molecule has 0 saturated carbocycles. The molecule has 0 bridgehead atoms. The van der Waals surface area contributed by atoms with Crippen molar-refractivity contribution in [1.82, 2.24) is 0 Å². The highest BCUT2D eigenvalue weighted by Gasteiger charge is 2.03. The third-order valence-electron chi connectivity index (χ3n) is 2.24. The number of rotatable bonds is 0. The predicted molar refractivity (Wildman–Crippen MR) is 68.0 cm³/mol. The van der Waals surface area contributed by atoms with E-state index in [0.29, 0.717) is 0 Å². The molecule has 14 heavy (non-hydrogen) atoms. The van der Waals surface area contributed by atoms with Crippen LogP contribution >= 0.6 is 28.3 Å². The minimum absolute atomic E-state index is 0. The van der Waals surface area contributed by atoms with Gasteiger partial charge in [-0.15, -0.1) is 12.4 Å². The fourth-order valence-electron chi connectivity index (χ4n) is 1.48. The molecule has 0 heterocycles. The van der Waals surface area contributed by atoms with Crippen molar-refractivity contribution >= 4 is 44.8 Å². The van der Waals surface area contributed by atoms with E-state index in [4.69, 9.17) is 5.73 Å². The van der Waals surface area contributed by atoms with Gasteiger partial charge in [-0.25, -0.2) is 0 Å². The van der Waals surface area contributed by atoms with Gasteiger partial charge in [0.25, 0.3) is 0 Å². The minimum atomic E-state index is 0.